The second kappa shape index (κ2) is 6.18. The van der Waals surface area contributed by atoms with E-state index in [1.165, 1.54) is 10.9 Å². The summed E-state index contributed by atoms with van der Waals surface area (Å²) in [5.41, 5.74) is 6.66. The number of amides is 1. The predicted molar refractivity (Wildman–Crippen MR) is 104 cm³/mol. The molecule has 0 radical (unpaired) electrons. The fraction of sp³-hybridized carbons (Fsp3) is 0.200. The van der Waals surface area contributed by atoms with Gasteiger partial charge in [0.15, 0.2) is 10.8 Å². The normalized spacial score (nSPS) is 11.4. The summed E-state index contributed by atoms with van der Waals surface area (Å²) in [5, 5.41) is 4.38. The molecule has 2 N–H and O–H groups in total. The number of imidazole rings is 1. The van der Waals surface area contributed by atoms with Gasteiger partial charge in [-0.05, 0) is 50.1 Å². The van der Waals surface area contributed by atoms with Crippen LogP contribution >= 0.6 is 11.6 Å². The average molecular weight is 367 g/mol. The Morgan fingerprint density at radius 2 is 2.08 bits per heavy atom. The number of aromatic nitrogens is 3. The van der Waals surface area contributed by atoms with Crippen molar-refractivity contribution in [1.82, 2.24) is 19.7 Å². The minimum absolute atomic E-state index is 0.203. The third-order valence-electron chi connectivity index (χ3n) is 4.79. The summed E-state index contributed by atoms with van der Waals surface area (Å²) < 4.78 is 1.70. The van der Waals surface area contributed by atoms with E-state index in [0.717, 1.165) is 22.3 Å². The number of carbonyl (C=O) groups is 1. The Bertz CT molecular complexity index is 1160. The monoisotopic (exact) mass is 366 g/mol. The highest BCUT2D eigenvalue weighted by Gasteiger charge is 2.18. The van der Waals surface area contributed by atoms with Crippen molar-refractivity contribution in [3.63, 3.8) is 0 Å². The van der Waals surface area contributed by atoms with Gasteiger partial charge in [0.2, 0.25) is 0 Å². The summed E-state index contributed by atoms with van der Waals surface area (Å²) in [7, 11) is 0. The molecule has 3 aromatic heterocycles. The fourth-order valence-corrected chi connectivity index (χ4v) is 3.62. The molecule has 0 saturated heterocycles. The number of nitrogens with zero attached hydrogens (tertiary/aromatic N) is 2. The number of carbonyl (C=O) groups excluding carboxylic acids is 1. The molecular formula is C20H19ClN4O. The Hall–Kier alpha value is -2.79. The number of halogens is 1. The van der Waals surface area contributed by atoms with Crippen molar-refractivity contribution in [3.05, 3.63) is 69.8 Å². The summed E-state index contributed by atoms with van der Waals surface area (Å²) >= 11 is 6.19. The predicted octanol–water partition coefficient (Wildman–Crippen LogP) is 4.32. The smallest absolute Gasteiger partial charge is 0.271 e. The molecular weight excluding hydrogens is 348 g/mol. The topological polar surface area (TPSA) is 62.2 Å². The zero-order valence-corrected chi connectivity index (χ0v) is 15.6. The van der Waals surface area contributed by atoms with E-state index in [4.69, 9.17) is 11.6 Å². The van der Waals surface area contributed by atoms with E-state index in [1.54, 1.807) is 10.6 Å². The fourth-order valence-electron chi connectivity index (χ4n) is 3.36. The number of H-pyrrole nitrogens is 1. The maximum atomic E-state index is 12.7. The van der Waals surface area contributed by atoms with Crippen LogP contribution in [0.4, 0.5) is 0 Å². The molecule has 0 atom stereocenters. The van der Waals surface area contributed by atoms with Crippen molar-refractivity contribution in [2.45, 2.75) is 27.3 Å². The molecule has 0 aliphatic heterocycles. The molecule has 5 nitrogen and oxygen atoms in total. The van der Waals surface area contributed by atoms with E-state index in [-0.39, 0.29) is 11.1 Å². The van der Waals surface area contributed by atoms with Gasteiger partial charge >= 0.3 is 0 Å². The second-order valence-electron chi connectivity index (χ2n) is 6.58. The van der Waals surface area contributed by atoms with Crippen molar-refractivity contribution in [3.8, 4) is 0 Å². The Balaban J connectivity index is 1.67. The van der Waals surface area contributed by atoms with Gasteiger partial charge in [-0.25, -0.2) is 4.98 Å². The van der Waals surface area contributed by atoms with Crippen molar-refractivity contribution >= 4 is 34.1 Å². The lowest BCUT2D eigenvalue weighted by molar-refractivity contribution is 0.0945. The van der Waals surface area contributed by atoms with Gasteiger partial charge in [-0.2, -0.15) is 0 Å². The highest BCUT2D eigenvalue weighted by atomic mass is 35.5. The van der Waals surface area contributed by atoms with Gasteiger partial charge in [0.1, 0.15) is 5.65 Å². The van der Waals surface area contributed by atoms with Gasteiger partial charge < -0.3 is 10.3 Å². The standard InChI is InChI=1S/C20H19ClN4O/c1-11-8-14(17-15(9-11)12(2)13(3)23-17)10-22-20(26)18-19(21)24-16-6-4-5-7-25(16)18/h4-9,23H,10H2,1-3H3,(H,22,26). The number of fused-ring (bicyclic) bond motifs is 2. The summed E-state index contributed by atoms with van der Waals surface area (Å²) in [6.07, 6.45) is 1.78. The van der Waals surface area contributed by atoms with Crippen LogP contribution in [0.3, 0.4) is 0 Å². The largest absolute Gasteiger partial charge is 0.358 e. The minimum Gasteiger partial charge on any atom is -0.358 e. The van der Waals surface area contributed by atoms with Gasteiger partial charge in [0, 0.05) is 23.8 Å². The van der Waals surface area contributed by atoms with E-state index >= 15 is 0 Å². The first-order valence-electron chi connectivity index (χ1n) is 8.45. The zero-order valence-electron chi connectivity index (χ0n) is 14.9. The molecule has 26 heavy (non-hydrogen) atoms. The number of hydrogen-bond donors (Lipinski definition) is 2. The minimum atomic E-state index is -0.247. The van der Waals surface area contributed by atoms with Gasteiger partial charge in [0.05, 0.1) is 5.52 Å². The maximum absolute atomic E-state index is 12.7. The lowest BCUT2D eigenvalue weighted by Crippen LogP contribution is -2.24. The molecule has 0 saturated carbocycles. The number of benzene rings is 1. The average Bonchev–Trinajstić information content (AvgIpc) is 3.09. The Morgan fingerprint density at radius 3 is 2.88 bits per heavy atom. The number of aromatic amines is 1. The van der Waals surface area contributed by atoms with Gasteiger partial charge in [0.25, 0.3) is 5.91 Å². The molecule has 0 spiro atoms. The molecule has 0 unspecified atom stereocenters. The van der Waals surface area contributed by atoms with Crippen LogP contribution in [0.2, 0.25) is 5.15 Å². The molecule has 4 aromatic rings. The Morgan fingerprint density at radius 1 is 1.27 bits per heavy atom. The first kappa shape index (κ1) is 16.7. The summed E-state index contributed by atoms with van der Waals surface area (Å²) in [4.78, 5) is 20.4. The molecule has 0 aliphatic rings. The molecule has 1 amide bonds. The number of rotatable bonds is 3. The summed E-state index contributed by atoms with van der Waals surface area (Å²) in [6, 6.07) is 9.78. The van der Waals surface area contributed by atoms with Crippen molar-refractivity contribution in [2.75, 3.05) is 0 Å². The van der Waals surface area contributed by atoms with E-state index in [0.29, 0.717) is 17.9 Å². The molecule has 6 heteroatoms. The molecule has 0 aliphatic carbocycles. The van der Waals surface area contributed by atoms with Crippen LogP contribution in [0.25, 0.3) is 16.6 Å². The number of nitrogens with one attached hydrogen (secondary N) is 2. The first-order valence-corrected chi connectivity index (χ1v) is 8.82. The summed E-state index contributed by atoms with van der Waals surface area (Å²) in [5.74, 6) is -0.247. The quantitative estimate of drug-likeness (QED) is 0.567. The number of pyridine rings is 1. The van der Waals surface area contributed by atoms with Gasteiger partial charge in [-0.15, -0.1) is 0 Å². The van der Waals surface area contributed by atoms with Crippen molar-refractivity contribution in [2.24, 2.45) is 0 Å². The highest BCUT2D eigenvalue weighted by molar-refractivity contribution is 6.32. The SMILES string of the molecule is Cc1cc(CNC(=O)c2c(Cl)nc3ccccn23)c2[nH]c(C)c(C)c2c1. The molecule has 0 fully saturated rings. The van der Waals surface area contributed by atoms with E-state index in [9.17, 15) is 4.79 Å². The third-order valence-corrected chi connectivity index (χ3v) is 5.05. The third kappa shape index (κ3) is 2.65. The maximum Gasteiger partial charge on any atom is 0.271 e. The summed E-state index contributed by atoms with van der Waals surface area (Å²) in [6.45, 7) is 6.64. The lowest BCUT2D eigenvalue weighted by atomic mass is 10.0. The van der Waals surface area contributed by atoms with E-state index < -0.39 is 0 Å². The zero-order chi connectivity index (χ0) is 18.4. The van der Waals surface area contributed by atoms with Crippen LogP contribution in [0.5, 0.6) is 0 Å². The van der Waals surface area contributed by atoms with Crippen LogP contribution in [0.15, 0.2) is 36.5 Å². The van der Waals surface area contributed by atoms with Crippen molar-refractivity contribution < 1.29 is 4.79 Å². The molecule has 1 aromatic carbocycles. The first-order chi connectivity index (χ1) is 12.5. The lowest BCUT2D eigenvalue weighted by Gasteiger charge is -2.08. The van der Waals surface area contributed by atoms with E-state index in [2.05, 4.69) is 48.2 Å². The van der Waals surface area contributed by atoms with Crippen LogP contribution in [-0.2, 0) is 6.54 Å². The van der Waals surface area contributed by atoms with E-state index in [1.807, 2.05) is 18.2 Å². The molecule has 4 rings (SSSR count). The molecule has 132 valence electrons. The van der Waals surface area contributed by atoms with Crippen LogP contribution < -0.4 is 5.32 Å². The molecule has 0 bridgehead atoms. The van der Waals surface area contributed by atoms with Crippen LogP contribution in [-0.4, -0.2) is 20.3 Å². The number of hydrogen-bond acceptors (Lipinski definition) is 2. The van der Waals surface area contributed by atoms with Gasteiger partial charge in [-0.1, -0.05) is 29.3 Å². The van der Waals surface area contributed by atoms with Gasteiger partial charge in [-0.3, -0.25) is 9.20 Å². The highest BCUT2D eigenvalue weighted by Crippen LogP contribution is 2.26. The number of aryl methyl sites for hydroxylation is 3. The van der Waals surface area contributed by atoms with Crippen molar-refractivity contribution in [1.29, 1.82) is 0 Å². The van der Waals surface area contributed by atoms with Crippen LogP contribution in [0.1, 0.15) is 32.9 Å². The van der Waals surface area contributed by atoms with Crippen LogP contribution in [0, 0.1) is 20.8 Å². The second-order valence-corrected chi connectivity index (χ2v) is 6.94. The Kier molecular flexibility index (Phi) is 3.96. The Labute approximate surface area is 156 Å². The molecule has 3 heterocycles.